The zero-order valence-corrected chi connectivity index (χ0v) is 14.4. The number of methoxy groups -OCH3 is 1. The highest BCUT2D eigenvalue weighted by atomic mass is 79.9. The molecule has 0 radical (unpaired) electrons. The summed E-state index contributed by atoms with van der Waals surface area (Å²) in [6, 6.07) is 4.51. The van der Waals surface area contributed by atoms with Crippen molar-refractivity contribution in [3.8, 4) is 0 Å². The second kappa shape index (κ2) is 7.36. The van der Waals surface area contributed by atoms with Crippen LogP contribution in [0.4, 0.5) is 0 Å². The van der Waals surface area contributed by atoms with Crippen molar-refractivity contribution in [1.29, 1.82) is 0 Å². The summed E-state index contributed by atoms with van der Waals surface area (Å²) in [5, 5.41) is 7.99. The minimum absolute atomic E-state index is 0.160. The minimum atomic E-state index is 0.160. The van der Waals surface area contributed by atoms with Crippen molar-refractivity contribution in [2.75, 3.05) is 20.3 Å². The number of aromatic nitrogens is 2. The molecule has 0 bridgehead atoms. The van der Waals surface area contributed by atoms with Crippen LogP contribution < -0.4 is 5.32 Å². The Labute approximate surface area is 132 Å². The van der Waals surface area contributed by atoms with Crippen LogP contribution in [-0.4, -0.2) is 30.0 Å². The number of rotatable bonds is 7. The van der Waals surface area contributed by atoms with Crippen molar-refractivity contribution in [2.24, 2.45) is 0 Å². The lowest BCUT2D eigenvalue weighted by Gasteiger charge is -2.19. The van der Waals surface area contributed by atoms with Gasteiger partial charge in [0.25, 0.3) is 0 Å². The predicted octanol–water partition coefficient (Wildman–Crippen LogP) is 3.36. The van der Waals surface area contributed by atoms with Crippen molar-refractivity contribution >= 4 is 27.3 Å². The molecule has 110 valence electrons. The van der Waals surface area contributed by atoms with Crippen LogP contribution in [0.2, 0.25) is 0 Å². The lowest BCUT2D eigenvalue weighted by Crippen LogP contribution is -2.25. The van der Waals surface area contributed by atoms with Gasteiger partial charge in [-0.2, -0.15) is 5.10 Å². The normalized spacial score (nSPS) is 12.8. The summed E-state index contributed by atoms with van der Waals surface area (Å²) in [4.78, 5) is 2.63. The van der Waals surface area contributed by atoms with E-state index < -0.39 is 0 Å². The summed E-state index contributed by atoms with van der Waals surface area (Å²) in [7, 11) is 1.71. The third kappa shape index (κ3) is 3.49. The number of hydrogen-bond acceptors (Lipinski definition) is 4. The highest BCUT2D eigenvalue weighted by Gasteiger charge is 2.22. The SMILES string of the molecule is CCNC(c1ccc(C)s1)c1c(Br)cnn1CCOC. The summed E-state index contributed by atoms with van der Waals surface area (Å²) >= 11 is 5.44. The number of aryl methyl sites for hydroxylation is 1. The van der Waals surface area contributed by atoms with Gasteiger partial charge in [0.2, 0.25) is 0 Å². The second-order valence-corrected chi connectivity index (χ2v) is 6.71. The maximum absolute atomic E-state index is 5.17. The van der Waals surface area contributed by atoms with Gasteiger partial charge in [-0.05, 0) is 41.5 Å². The first kappa shape index (κ1) is 15.7. The van der Waals surface area contributed by atoms with Crippen LogP contribution in [0.25, 0.3) is 0 Å². The van der Waals surface area contributed by atoms with Gasteiger partial charge < -0.3 is 10.1 Å². The highest BCUT2D eigenvalue weighted by Crippen LogP contribution is 2.32. The van der Waals surface area contributed by atoms with Gasteiger partial charge in [0.1, 0.15) is 0 Å². The van der Waals surface area contributed by atoms with Gasteiger partial charge in [0.15, 0.2) is 0 Å². The van der Waals surface area contributed by atoms with Crippen LogP contribution in [0.1, 0.15) is 28.4 Å². The van der Waals surface area contributed by atoms with Crippen molar-refractivity contribution < 1.29 is 4.74 Å². The first-order valence-electron chi connectivity index (χ1n) is 6.67. The molecule has 4 nitrogen and oxygen atoms in total. The monoisotopic (exact) mass is 357 g/mol. The molecule has 2 aromatic rings. The Morgan fingerprint density at radius 3 is 2.90 bits per heavy atom. The quantitative estimate of drug-likeness (QED) is 0.825. The van der Waals surface area contributed by atoms with Crippen LogP contribution in [0.15, 0.2) is 22.8 Å². The zero-order chi connectivity index (χ0) is 14.5. The molecule has 1 atom stereocenters. The fourth-order valence-corrected chi connectivity index (χ4v) is 3.64. The Bertz CT molecular complexity index is 552. The van der Waals surface area contributed by atoms with E-state index in [1.54, 1.807) is 7.11 Å². The average molecular weight is 358 g/mol. The van der Waals surface area contributed by atoms with Gasteiger partial charge in [0, 0.05) is 16.9 Å². The van der Waals surface area contributed by atoms with Gasteiger partial charge in [-0.1, -0.05) is 6.92 Å². The Balaban J connectivity index is 2.35. The molecule has 0 aliphatic heterocycles. The number of nitrogens with one attached hydrogen (secondary N) is 1. The molecule has 2 aromatic heterocycles. The molecule has 0 aliphatic rings. The summed E-state index contributed by atoms with van der Waals surface area (Å²) in [5.41, 5.74) is 1.16. The molecule has 0 aliphatic carbocycles. The summed E-state index contributed by atoms with van der Waals surface area (Å²) < 4.78 is 8.21. The highest BCUT2D eigenvalue weighted by molar-refractivity contribution is 9.10. The van der Waals surface area contributed by atoms with E-state index in [1.807, 2.05) is 22.2 Å². The minimum Gasteiger partial charge on any atom is -0.383 e. The summed E-state index contributed by atoms with van der Waals surface area (Å²) in [6.45, 7) is 6.57. The van der Waals surface area contributed by atoms with Crippen LogP contribution in [0.3, 0.4) is 0 Å². The van der Waals surface area contributed by atoms with Crippen LogP contribution in [-0.2, 0) is 11.3 Å². The average Bonchev–Trinajstić information content (AvgIpc) is 3.01. The van der Waals surface area contributed by atoms with E-state index >= 15 is 0 Å². The van der Waals surface area contributed by atoms with Gasteiger partial charge in [-0.25, -0.2) is 0 Å². The summed E-state index contributed by atoms with van der Waals surface area (Å²) in [6.07, 6.45) is 1.86. The molecule has 20 heavy (non-hydrogen) atoms. The molecule has 6 heteroatoms. The third-order valence-electron chi connectivity index (χ3n) is 3.07. The molecule has 0 aromatic carbocycles. The second-order valence-electron chi connectivity index (χ2n) is 4.53. The van der Waals surface area contributed by atoms with Crippen LogP contribution in [0, 0.1) is 6.92 Å². The van der Waals surface area contributed by atoms with E-state index in [1.165, 1.54) is 9.75 Å². The van der Waals surface area contributed by atoms with Crippen molar-refractivity contribution in [3.63, 3.8) is 0 Å². The predicted molar refractivity (Wildman–Crippen MR) is 86.4 cm³/mol. The van der Waals surface area contributed by atoms with Crippen molar-refractivity contribution in [2.45, 2.75) is 26.4 Å². The smallest absolute Gasteiger partial charge is 0.0853 e. The topological polar surface area (TPSA) is 39.1 Å². The van der Waals surface area contributed by atoms with Crippen LogP contribution in [0.5, 0.6) is 0 Å². The third-order valence-corrected chi connectivity index (χ3v) is 4.74. The number of thiophene rings is 1. The molecule has 2 heterocycles. The Morgan fingerprint density at radius 2 is 2.30 bits per heavy atom. The number of hydrogen-bond donors (Lipinski definition) is 1. The molecular formula is C14H20BrN3OS. The first-order valence-corrected chi connectivity index (χ1v) is 8.28. The lowest BCUT2D eigenvalue weighted by molar-refractivity contribution is 0.182. The molecule has 0 saturated carbocycles. The van der Waals surface area contributed by atoms with Gasteiger partial charge in [-0.15, -0.1) is 11.3 Å². The van der Waals surface area contributed by atoms with E-state index in [9.17, 15) is 0 Å². The maximum atomic E-state index is 5.17. The molecule has 0 amide bonds. The number of nitrogens with zero attached hydrogens (tertiary/aromatic N) is 2. The molecule has 0 fully saturated rings. The van der Waals surface area contributed by atoms with E-state index in [4.69, 9.17) is 4.74 Å². The summed E-state index contributed by atoms with van der Waals surface area (Å²) in [5.74, 6) is 0. The van der Waals surface area contributed by atoms with Crippen molar-refractivity contribution in [3.05, 3.63) is 38.3 Å². The molecule has 0 saturated heterocycles. The Kier molecular flexibility index (Phi) is 5.77. The van der Waals surface area contributed by atoms with Gasteiger partial charge in [-0.3, -0.25) is 4.68 Å². The maximum Gasteiger partial charge on any atom is 0.0853 e. The van der Waals surface area contributed by atoms with E-state index in [0.29, 0.717) is 6.61 Å². The van der Waals surface area contributed by atoms with Crippen molar-refractivity contribution in [1.82, 2.24) is 15.1 Å². The van der Waals surface area contributed by atoms with E-state index in [2.05, 4.69) is 52.3 Å². The Morgan fingerprint density at radius 1 is 1.50 bits per heavy atom. The van der Waals surface area contributed by atoms with E-state index in [-0.39, 0.29) is 6.04 Å². The van der Waals surface area contributed by atoms with Crippen LogP contribution >= 0.6 is 27.3 Å². The molecule has 1 N–H and O–H groups in total. The van der Waals surface area contributed by atoms with Gasteiger partial charge in [0.05, 0.1) is 35.6 Å². The van der Waals surface area contributed by atoms with E-state index in [0.717, 1.165) is 23.3 Å². The molecular weight excluding hydrogens is 338 g/mol. The lowest BCUT2D eigenvalue weighted by atomic mass is 10.1. The number of ether oxygens (including phenoxy) is 1. The molecule has 2 rings (SSSR count). The Hall–Kier alpha value is -0.690. The zero-order valence-electron chi connectivity index (χ0n) is 12.0. The fraction of sp³-hybridized carbons (Fsp3) is 0.500. The molecule has 0 spiro atoms. The largest absolute Gasteiger partial charge is 0.383 e. The molecule has 1 unspecified atom stereocenters. The first-order chi connectivity index (χ1) is 9.67. The van der Waals surface area contributed by atoms with Gasteiger partial charge >= 0.3 is 0 Å². The fourth-order valence-electron chi connectivity index (χ4n) is 2.16. The standard InChI is InChI=1S/C14H20BrN3OS/c1-4-16-13(12-6-5-10(2)20-12)14-11(15)9-17-18(14)7-8-19-3/h5-6,9,13,16H,4,7-8H2,1-3H3. The number of halogens is 1.